The maximum atomic E-state index is 13.1. The number of fused-ring (bicyclic) bond motifs is 2. The molecule has 4 atom stereocenters. The number of benzene rings is 2. The minimum Gasteiger partial charge on any atom is -0.495 e. The number of sulfonamides is 1. The highest BCUT2D eigenvalue weighted by Crippen LogP contribution is 2.49. The maximum Gasteiger partial charge on any atom is 0.264 e. The van der Waals surface area contributed by atoms with Crippen LogP contribution >= 0.6 is 0 Å². The molecule has 0 saturated heterocycles. The van der Waals surface area contributed by atoms with Gasteiger partial charge in [-0.15, -0.1) is 0 Å². The number of nitrogens with zero attached hydrogens (tertiary/aromatic N) is 1. The lowest BCUT2D eigenvalue weighted by Crippen LogP contribution is -2.40. The minimum absolute atomic E-state index is 0.124. The standard InChI is InChI=1S/C24H30N2O4S/c1-16(21-15-17-8-9-19(21)14-17)25-24(27)18-10-12-20(13-11-18)31(28,29)26(2)22-6-4-5-7-23(22)30-3/h4-7,10-13,16-17,19,21H,8-9,14-15H2,1-3H3,(H,25,27)/t16-,17+,19+,21+/m1/s1. The molecule has 2 saturated carbocycles. The second-order valence-electron chi connectivity index (χ2n) is 8.77. The van der Waals surface area contributed by atoms with E-state index in [4.69, 9.17) is 4.74 Å². The molecular formula is C24H30N2O4S. The van der Waals surface area contributed by atoms with E-state index < -0.39 is 10.0 Å². The van der Waals surface area contributed by atoms with Crippen LogP contribution in [0.4, 0.5) is 5.69 Å². The number of amides is 1. The Balaban J connectivity index is 1.46. The van der Waals surface area contributed by atoms with Crippen molar-refractivity contribution in [1.29, 1.82) is 0 Å². The smallest absolute Gasteiger partial charge is 0.264 e. The predicted molar refractivity (Wildman–Crippen MR) is 121 cm³/mol. The van der Waals surface area contributed by atoms with Crippen molar-refractivity contribution in [1.82, 2.24) is 5.32 Å². The third kappa shape index (κ3) is 4.15. The molecule has 1 amide bonds. The average Bonchev–Trinajstić information content (AvgIpc) is 3.42. The Morgan fingerprint density at radius 1 is 1.10 bits per heavy atom. The van der Waals surface area contributed by atoms with Crippen LogP contribution in [0, 0.1) is 17.8 Å². The van der Waals surface area contributed by atoms with Crippen molar-refractivity contribution in [3.05, 3.63) is 54.1 Å². The lowest BCUT2D eigenvalue weighted by Gasteiger charge is -2.28. The maximum absolute atomic E-state index is 13.1. The Labute approximate surface area is 184 Å². The van der Waals surface area contributed by atoms with E-state index in [1.807, 2.05) is 0 Å². The molecule has 0 spiro atoms. The summed E-state index contributed by atoms with van der Waals surface area (Å²) in [6, 6.07) is 13.2. The van der Waals surface area contributed by atoms with Crippen molar-refractivity contribution in [2.45, 2.75) is 43.5 Å². The van der Waals surface area contributed by atoms with Gasteiger partial charge in [0.05, 0.1) is 17.7 Å². The van der Waals surface area contributed by atoms with E-state index in [2.05, 4.69) is 12.2 Å². The third-order valence-corrected chi connectivity index (χ3v) is 8.78. The zero-order valence-electron chi connectivity index (χ0n) is 18.2. The van der Waals surface area contributed by atoms with E-state index in [0.717, 1.165) is 11.8 Å². The zero-order valence-corrected chi connectivity index (χ0v) is 19.1. The first-order valence-corrected chi connectivity index (χ1v) is 12.3. The Kier molecular flexibility index (Phi) is 5.97. The number of ether oxygens (including phenoxy) is 1. The van der Waals surface area contributed by atoms with Gasteiger partial charge in [0.15, 0.2) is 0 Å². The molecule has 1 N–H and O–H groups in total. The molecule has 166 valence electrons. The van der Waals surface area contributed by atoms with Crippen LogP contribution in [0.1, 0.15) is 43.0 Å². The number of methoxy groups -OCH3 is 1. The van der Waals surface area contributed by atoms with Crippen LogP contribution in [0.3, 0.4) is 0 Å². The summed E-state index contributed by atoms with van der Waals surface area (Å²) in [7, 11) is -0.792. The second kappa shape index (κ2) is 8.54. The van der Waals surface area contributed by atoms with E-state index in [-0.39, 0.29) is 16.8 Å². The van der Waals surface area contributed by atoms with Gasteiger partial charge in [0.2, 0.25) is 0 Å². The highest BCUT2D eigenvalue weighted by molar-refractivity contribution is 7.92. The van der Waals surface area contributed by atoms with E-state index >= 15 is 0 Å². The van der Waals surface area contributed by atoms with E-state index in [0.29, 0.717) is 22.9 Å². The van der Waals surface area contributed by atoms with E-state index in [9.17, 15) is 13.2 Å². The first kappa shape index (κ1) is 21.7. The predicted octanol–water partition coefficient (Wildman–Crippen LogP) is 4.07. The van der Waals surface area contributed by atoms with Crippen LogP contribution < -0.4 is 14.4 Å². The van der Waals surface area contributed by atoms with Crippen molar-refractivity contribution in [2.75, 3.05) is 18.5 Å². The SMILES string of the molecule is COc1ccccc1N(C)S(=O)(=O)c1ccc(C(=O)N[C@H](C)[C@@H]2C[C@H]3CC[C@H]2C3)cc1. The summed E-state index contributed by atoms with van der Waals surface area (Å²) < 4.78 is 32.6. The number of carbonyl (C=O) groups excluding carboxylic acids is 1. The van der Waals surface area contributed by atoms with Gasteiger partial charge in [0.1, 0.15) is 5.75 Å². The van der Waals surface area contributed by atoms with Gasteiger partial charge in [-0.2, -0.15) is 0 Å². The minimum atomic E-state index is -3.79. The Morgan fingerprint density at radius 3 is 2.42 bits per heavy atom. The quantitative estimate of drug-likeness (QED) is 0.701. The van der Waals surface area contributed by atoms with Gasteiger partial charge < -0.3 is 10.1 Å². The molecule has 31 heavy (non-hydrogen) atoms. The lowest BCUT2D eigenvalue weighted by atomic mass is 9.84. The highest BCUT2D eigenvalue weighted by Gasteiger charge is 2.42. The van der Waals surface area contributed by atoms with Gasteiger partial charge in [-0.1, -0.05) is 18.6 Å². The van der Waals surface area contributed by atoms with Gasteiger partial charge >= 0.3 is 0 Å². The number of hydrogen-bond acceptors (Lipinski definition) is 4. The number of rotatable bonds is 7. The van der Waals surface area contributed by atoms with E-state index in [1.54, 1.807) is 36.4 Å². The number of anilines is 1. The molecule has 0 radical (unpaired) electrons. The average molecular weight is 443 g/mol. The van der Waals surface area contributed by atoms with Crippen LogP contribution in [-0.2, 0) is 10.0 Å². The van der Waals surface area contributed by atoms with Crippen molar-refractivity contribution >= 4 is 21.6 Å². The van der Waals surface area contributed by atoms with Gasteiger partial charge in [-0.05, 0) is 80.3 Å². The Bertz CT molecular complexity index is 1050. The molecule has 0 aliphatic heterocycles. The fourth-order valence-electron chi connectivity index (χ4n) is 5.26. The molecule has 2 bridgehead atoms. The van der Waals surface area contributed by atoms with Crippen molar-refractivity contribution in [3.63, 3.8) is 0 Å². The van der Waals surface area contributed by atoms with Crippen molar-refractivity contribution in [2.24, 2.45) is 17.8 Å². The number of para-hydroxylation sites is 2. The first-order chi connectivity index (χ1) is 14.8. The molecule has 7 heteroatoms. The molecular weight excluding hydrogens is 412 g/mol. The Morgan fingerprint density at radius 2 is 1.81 bits per heavy atom. The summed E-state index contributed by atoms with van der Waals surface area (Å²) >= 11 is 0. The normalized spacial score (nSPS) is 23.4. The van der Waals surface area contributed by atoms with Crippen LogP contribution in [0.2, 0.25) is 0 Å². The molecule has 0 heterocycles. The summed E-state index contributed by atoms with van der Waals surface area (Å²) in [5.41, 5.74) is 0.917. The molecule has 0 aromatic heterocycles. The summed E-state index contributed by atoms with van der Waals surface area (Å²) in [5, 5.41) is 3.13. The van der Waals surface area contributed by atoms with Crippen LogP contribution in [0.25, 0.3) is 0 Å². The second-order valence-corrected chi connectivity index (χ2v) is 10.7. The summed E-state index contributed by atoms with van der Waals surface area (Å²) in [4.78, 5) is 12.9. The fourth-order valence-corrected chi connectivity index (χ4v) is 6.47. The molecule has 2 aliphatic carbocycles. The zero-order chi connectivity index (χ0) is 22.2. The molecule has 2 aromatic carbocycles. The largest absolute Gasteiger partial charge is 0.495 e. The molecule has 4 rings (SSSR count). The number of carbonyl (C=O) groups is 1. The van der Waals surface area contributed by atoms with Gasteiger partial charge in [0.25, 0.3) is 15.9 Å². The van der Waals surface area contributed by atoms with Gasteiger partial charge in [0, 0.05) is 18.7 Å². The molecule has 2 aliphatic rings. The lowest BCUT2D eigenvalue weighted by molar-refractivity contribution is 0.0915. The van der Waals surface area contributed by atoms with Crippen molar-refractivity contribution < 1.29 is 17.9 Å². The van der Waals surface area contributed by atoms with Gasteiger partial charge in [-0.25, -0.2) is 8.42 Å². The fraction of sp³-hybridized carbons (Fsp3) is 0.458. The van der Waals surface area contributed by atoms with Crippen molar-refractivity contribution in [3.8, 4) is 5.75 Å². The summed E-state index contributed by atoms with van der Waals surface area (Å²) in [6.07, 6.45) is 5.12. The van der Waals surface area contributed by atoms with Crippen LogP contribution in [0.5, 0.6) is 5.75 Å². The molecule has 0 unspecified atom stereocenters. The molecule has 6 nitrogen and oxygen atoms in total. The number of nitrogens with one attached hydrogen (secondary N) is 1. The first-order valence-electron chi connectivity index (χ1n) is 10.8. The summed E-state index contributed by atoms with van der Waals surface area (Å²) in [6.45, 7) is 2.09. The Hall–Kier alpha value is -2.54. The van der Waals surface area contributed by atoms with Crippen LogP contribution in [-0.4, -0.2) is 34.5 Å². The molecule has 2 fully saturated rings. The van der Waals surface area contributed by atoms with E-state index in [1.165, 1.54) is 56.3 Å². The summed E-state index contributed by atoms with van der Waals surface area (Å²) in [5.74, 6) is 2.44. The van der Waals surface area contributed by atoms with Crippen LogP contribution in [0.15, 0.2) is 53.4 Å². The number of hydrogen-bond donors (Lipinski definition) is 1. The molecule has 2 aromatic rings. The topological polar surface area (TPSA) is 75.7 Å². The highest BCUT2D eigenvalue weighted by atomic mass is 32.2. The monoisotopic (exact) mass is 442 g/mol. The van der Waals surface area contributed by atoms with Gasteiger partial charge in [-0.3, -0.25) is 9.10 Å². The third-order valence-electron chi connectivity index (χ3n) is 6.99.